The molecule has 2 rings (SSSR count). The predicted molar refractivity (Wildman–Crippen MR) is 93.4 cm³/mol. The molecule has 5 heteroatoms. The van der Waals surface area contributed by atoms with Crippen molar-refractivity contribution in [3.8, 4) is 0 Å². The van der Waals surface area contributed by atoms with E-state index in [1.54, 1.807) is 12.1 Å². The maximum atomic E-state index is 14.0. The van der Waals surface area contributed by atoms with Gasteiger partial charge in [0.2, 0.25) is 0 Å². The minimum Gasteiger partial charge on any atom is -0.310 e. The summed E-state index contributed by atoms with van der Waals surface area (Å²) in [5.74, 6) is -0.265. The molecule has 0 fully saturated rings. The van der Waals surface area contributed by atoms with Gasteiger partial charge in [-0.2, -0.15) is 0 Å². The van der Waals surface area contributed by atoms with Crippen molar-refractivity contribution in [3.05, 3.63) is 67.3 Å². The first-order chi connectivity index (χ1) is 10.0. The van der Waals surface area contributed by atoms with Crippen LogP contribution in [0.15, 0.2) is 45.3 Å². The second kappa shape index (κ2) is 7.73. The average Bonchev–Trinajstić information content (AvgIpc) is 2.42. The lowest BCUT2D eigenvalue weighted by Gasteiger charge is -2.21. The van der Waals surface area contributed by atoms with Crippen LogP contribution in [0.5, 0.6) is 0 Å². The van der Waals surface area contributed by atoms with Crippen molar-refractivity contribution in [1.82, 2.24) is 5.32 Å². The second-order valence-corrected chi connectivity index (χ2v) is 6.86. The third-order valence-electron chi connectivity index (χ3n) is 3.26. The Morgan fingerprint density at radius 2 is 2.00 bits per heavy atom. The van der Waals surface area contributed by atoms with Gasteiger partial charge in [0, 0.05) is 25.6 Å². The number of hydrogen-bond acceptors (Lipinski definition) is 1. The fourth-order valence-corrected chi connectivity index (χ4v) is 3.82. The quantitative estimate of drug-likeness (QED) is 0.617. The number of benzene rings is 2. The summed E-state index contributed by atoms with van der Waals surface area (Å²) >= 11 is 13.2. The van der Waals surface area contributed by atoms with Gasteiger partial charge in [-0.15, -0.1) is 0 Å². The molecule has 0 saturated carbocycles. The average molecular weight is 436 g/mol. The molecule has 2 aromatic carbocycles. The summed E-state index contributed by atoms with van der Waals surface area (Å²) in [6.07, 6.45) is 0.500. The van der Waals surface area contributed by atoms with Crippen molar-refractivity contribution in [2.45, 2.75) is 19.4 Å². The van der Waals surface area contributed by atoms with E-state index >= 15 is 0 Å². The topological polar surface area (TPSA) is 12.0 Å². The highest BCUT2D eigenvalue weighted by Crippen LogP contribution is 2.31. The smallest absolute Gasteiger partial charge is 0.127 e. The number of nitrogens with one attached hydrogen (secondary N) is 1. The summed E-state index contributed by atoms with van der Waals surface area (Å²) in [6.45, 7) is 2.82. The lowest BCUT2D eigenvalue weighted by Crippen LogP contribution is -2.24. The summed E-state index contributed by atoms with van der Waals surface area (Å²) in [5.41, 5.74) is 1.62. The van der Waals surface area contributed by atoms with Crippen LogP contribution in [0.3, 0.4) is 0 Å². The van der Waals surface area contributed by atoms with Crippen molar-refractivity contribution < 1.29 is 4.39 Å². The van der Waals surface area contributed by atoms with Crippen LogP contribution in [-0.4, -0.2) is 6.54 Å². The molecular weight excluding hydrogens is 420 g/mol. The van der Waals surface area contributed by atoms with Crippen LogP contribution in [0, 0.1) is 5.82 Å². The zero-order valence-corrected chi connectivity index (χ0v) is 15.4. The molecular formula is C16H15Br2ClFN. The molecule has 0 saturated heterocycles. The Kier molecular flexibility index (Phi) is 6.23. The number of rotatable bonds is 5. The summed E-state index contributed by atoms with van der Waals surface area (Å²) in [4.78, 5) is 0. The molecule has 0 radical (unpaired) electrons. The van der Waals surface area contributed by atoms with E-state index < -0.39 is 0 Å². The predicted octanol–water partition coefficient (Wildman–Crippen LogP) is 5.90. The Balaban J connectivity index is 2.35. The second-order valence-electron chi connectivity index (χ2n) is 4.68. The van der Waals surface area contributed by atoms with Gasteiger partial charge in [0.1, 0.15) is 5.82 Å². The van der Waals surface area contributed by atoms with Crippen molar-refractivity contribution in [1.29, 1.82) is 0 Å². The minimum atomic E-state index is -0.265. The molecule has 0 amide bonds. The Morgan fingerprint density at radius 3 is 2.62 bits per heavy atom. The van der Waals surface area contributed by atoms with Gasteiger partial charge in [-0.25, -0.2) is 4.39 Å². The van der Waals surface area contributed by atoms with Gasteiger partial charge in [0.15, 0.2) is 0 Å². The molecule has 1 N–H and O–H groups in total. The Hall–Kier alpha value is -0.420. The highest BCUT2D eigenvalue weighted by atomic mass is 79.9. The zero-order valence-electron chi connectivity index (χ0n) is 11.5. The molecule has 1 nitrogen and oxygen atoms in total. The minimum absolute atomic E-state index is 0.00752. The fraction of sp³-hybridized carbons (Fsp3) is 0.250. The first-order valence-corrected chi connectivity index (χ1v) is 8.60. The van der Waals surface area contributed by atoms with Crippen molar-refractivity contribution in [3.63, 3.8) is 0 Å². The Bertz CT molecular complexity index is 613. The van der Waals surface area contributed by atoms with Crippen LogP contribution in [0.4, 0.5) is 4.39 Å². The summed E-state index contributed by atoms with van der Waals surface area (Å²) < 4.78 is 16.0. The molecule has 0 aliphatic rings. The van der Waals surface area contributed by atoms with E-state index in [1.807, 2.05) is 25.1 Å². The van der Waals surface area contributed by atoms with Crippen molar-refractivity contribution in [2.24, 2.45) is 0 Å². The van der Waals surface area contributed by atoms with E-state index in [0.29, 0.717) is 17.0 Å². The number of hydrogen-bond donors (Lipinski definition) is 1. The third kappa shape index (κ3) is 4.28. The van der Waals surface area contributed by atoms with E-state index in [-0.39, 0.29) is 11.9 Å². The van der Waals surface area contributed by atoms with Gasteiger partial charge >= 0.3 is 0 Å². The van der Waals surface area contributed by atoms with E-state index in [1.165, 1.54) is 6.07 Å². The molecule has 0 aliphatic carbocycles. The lowest BCUT2D eigenvalue weighted by molar-refractivity contribution is 0.526. The van der Waals surface area contributed by atoms with Crippen LogP contribution >= 0.6 is 43.5 Å². The lowest BCUT2D eigenvalue weighted by atomic mass is 9.98. The van der Waals surface area contributed by atoms with E-state index in [9.17, 15) is 4.39 Å². The monoisotopic (exact) mass is 433 g/mol. The van der Waals surface area contributed by atoms with E-state index in [0.717, 1.165) is 21.1 Å². The maximum absolute atomic E-state index is 14.0. The molecule has 112 valence electrons. The van der Waals surface area contributed by atoms with Gasteiger partial charge in [-0.05, 0) is 42.8 Å². The van der Waals surface area contributed by atoms with Crippen molar-refractivity contribution >= 4 is 43.5 Å². The number of likely N-dealkylation sites (N-methyl/N-ethyl adjacent to an activating group) is 1. The molecule has 0 spiro atoms. The van der Waals surface area contributed by atoms with Crippen LogP contribution in [-0.2, 0) is 6.42 Å². The first-order valence-electron chi connectivity index (χ1n) is 6.64. The summed E-state index contributed by atoms with van der Waals surface area (Å²) in [6, 6.07) is 10.8. The molecule has 2 aromatic rings. The van der Waals surface area contributed by atoms with E-state index in [4.69, 9.17) is 11.6 Å². The van der Waals surface area contributed by atoms with Crippen LogP contribution in [0.25, 0.3) is 0 Å². The van der Waals surface area contributed by atoms with E-state index in [2.05, 4.69) is 37.2 Å². The normalized spacial score (nSPS) is 12.4. The van der Waals surface area contributed by atoms with Gasteiger partial charge in [-0.1, -0.05) is 62.5 Å². The Morgan fingerprint density at radius 1 is 1.24 bits per heavy atom. The first kappa shape index (κ1) is 16.9. The Labute approximate surface area is 146 Å². The fourth-order valence-electron chi connectivity index (χ4n) is 2.25. The van der Waals surface area contributed by atoms with Gasteiger partial charge < -0.3 is 5.32 Å². The standard InChI is InChI=1S/C16H15Br2ClFN/c1-2-21-16(11-7-6-10(17)8-13(11)18)9-12-14(19)4-3-5-15(12)20/h3-8,16,21H,2,9H2,1H3. The van der Waals surface area contributed by atoms with Gasteiger partial charge in [0.05, 0.1) is 0 Å². The number of halogens is 4. The maximum Gasteiger partial charge on any atom is 0.127 e. The molecule has 0 aliphatic heterocycles. The van der Waals surface area contributed by atoms with Gasteiger partial charge in [-0.3, -0.25) is 0 Å². The summed E-state index contributed by atoms with van der Waals surface area (Å²) in [7, 11) is 0. The summed E-state index contributed by atoms with van der Waals surface area (Å²) in [5, 5.41) is 3.86. The molecule has 1 atom stereocenters. The van der Waals surface area contributed by atoms with Crippen LogP contribution < -0.4 is 5.32 Å². The third-order valence-corrected chi connectivity index (χ3v) is 4.79. The molecule has 1 unspecified atom stereocenters. The SMILES string of the molecule is CCNC(Cc1c(F)cccc1Cl)c1ccc(Br)cc1Br. The highest BCUT2D eigenvalue weighted by Gasteiger charge is 2.18. The van der Waals surface area contributed by atoms with Crippen LogP contribution in [0.1, 0.15) is 24.1 Å². The molecule has 0 heterocycles. The molecule has 21 heavy (non-hydrogen) atoms. The van der Waals surface area contributed by atoms with Crippen molar-refractivity contribution in [2.75, 3.05) is 6.54 Å². The van der Waals surface area contributed by atoms with Gasteiger partial charge in [0.25, 0.3) is 0 Å². The molecule has 0 aromatic heterocycles. The zero-order chi connectivity index (χ0) is 15.4. The molecule has 0 bridgehead atoms. The highest BCUT2D eigenvalue weighted by molar-refractivity contribution is 9.11. The largest absolute Gasteiger partial charge is 0.310 e. The van der Waals surface area contributed by atoms with Crippen LogP contribution in [0.2, 0.25) is 5.02 Å².